The molecule has 0 unspecified atom stereocenters. The molecule has 0 spiro atoms. The van der Waals surface area contributed by atoms with Gasteiger partial charge in [0.25, 0.3) is 0 Å². The van der Waals surface area contributed by atoms with Crippen LogP contribution in [0.5, 0.6) is 0 Å². The SMILES string of the molecule is CC(C)CCNC(=O)CSc1nnnn1CC(C)C. The van der Waals surface area contributed by atoms with Crippen molar-refractivity contribution in [2.75, 3.05) is 12.3 Å². The van der Waals surface area contributed by atoms with Crippen LogP contribution < -0.4 is 5.32 Å². The van der Waals surface area contributed by atoms with E-state index in [4.69, 9.17) is 0 Å². The van der Waals surface area contributed by atoms with Gasteiger partial charge in [-0.05, 0) is 28.7 Å². The lowest BCUT2D eigenvalue weighted by atomic mass is 10.1. The van der Waals surface area contributed by atoms with Crippen molar-refractivity contribution < 1.29 is 4.79 Å². The van der Waals surface area contributed by atoms with Crippen molar-refractivity contribution in [3.05, 3.63) is 0 Å². The molecular weight excluding hydrogens is 262 g/mol. The lowest BCUT2D eigenvalue weighted by Crippen LogP contribution is -2.27. The standard InChI is InChI=1S/C12H23N5OS/c1-9(2)5-6-13-11(18)8-19-12-14-15-16-17(12)7-10(3)4/h9-10H,5-8H2,1-4H3,(H,13,18). The van der Waals surface area contributed by atoms with Gasteiger partial charge in [-0.15, -0.1) is 5.10 Å². The van der Waals surface area contributed by atoms with Crippen LogP contribution in [-0.4, -0.2) is 38.4 Å². The summed E-state index contributed by atoms with van der Waals surface area (Å²) in [5, 5.41) is 15.1. The third kappa shape index (κ3) is 6.56. The molecule has 0 aliphatic heterocycles. The van der Waals surface area contributed by atoms with Gasteiger partial charge in [-0.3, -0.25) is 4.79 Å². The minimum atomic E-state index is 0.0322. The highest BCUT2D eigenvalue weighted by Gasteiger charge is 2.10. The molecule has 0 fully saturated rings. The van der Waals surface area contributed by atoms with E-state index in [1.807, 2.05) is 0 Å². The third-order valence-electron chi connectivity index (χ3n) is 2.41. The number of rotatable bonds is 8. The van der Waals surface area contributed by atoms with Gasteiger partial charge in [-0.25, -0.2) is 4.68 Å². The van der Waals surface area contributed by atoms with Crippen LogP contribution in [0.3, 0.4) is 0 Å². The van der Waals surface area contributed by atoms with Gasteiger partial charge in [0, 0.05) is 13.1 Å². The van der Waals surface area contributed by atoms with Crippen LogP contribution in [0.2, 0.25) is 0 Å². The molecule has 0 bridgehead atoms. The summed E-state index contributed by atoms with van der Waals surface area (Å²) in [5.41, 5.74) is 0. The molecule has 1 aromatic heterocycles. The molecule has 0 saturated heterocycles. The summed E-state index contributed by atoms with van der Waals surface area (Å²) in [7, 11) is 0. The number of nitrogens with one attached hydrogen (secondary N) is 1. The predicted octanol–water partition coefficient (Wildman–Crippen LogP) is 1.58. The number of thioether (sulfide) groups is 1. The topological polar surface area (TPSA) is 72.7 Å². The maximum atomic E-state index is 11.6. The van der Waals surface area contributed by atoms with Gasteiger partial charge in [0.05, 0.1) is 5.75 Å². The van der Waals surface area contributed by atoms with Crippen LogP contribution in [0.4, 0.5) is 0 Å². The van der Waals surface area contributed by atoms with Crippen LogP contribution in [0.1, 0.15) is 34.1 Å². The minimum absolute atomic E-state index is 0.0322. The molecule has 0 radical (unpaired) electrons. The van der Waals surface area contributed by atoms with Gasteiger partial charge in [-0.2, -0.15) is 0 Å². The van der Waals surface area contributed by atoms with Gasteiger partial charge in [-0.1, -0.05) is 39.5 Å². The fraction of sp³-hybridized carbons (Fsp3) is 0.833. The predicted molar refractivity (Wildman–Crippen MR) is 75.8 cm³/mol. The van der Waals surface area contributed by atoms with E-state index in [1.54, 1.807) is 4.68 Å². The van der Waals surface area contributed by atoms with E-state index >= 15 is 0 Å². The van der Waals surface area contributed by atoms with Gasteiger partial charge in [0.15, 0.2) is 0 Å². The molecule has 108 valence electrons. The number of hydrogen-bond donors (Lipinski definition) is 1. The molecule has 1 rings (SSSR count). The molecule has 0 saturated carbocycles. The summed E-state index contributed by atoms with van der Waals surface area (Å²) in [6.07, 6.45) is 1.00. The summed E-state index contributed by atoms with van der Waals surface area (Å²) in [5.74, 6) is 1.47. The van der Waals surface area contributed by atoms with E-state index in [2.05, 4.69) is 48.5 Å². The third-order valence-corrected chi connectivity index (χ3v) is 3.37. The van der Waals surface area contributed by atoms with Crippen molar-refractivity contribution in [3.63, 3.8) is 0 Å². The Morgan fingerprint density at radius 2 is 2.05 bits per heavy atom. The van der Waals surface area contributed by atoms with Crippen LogP contribution in [0, 0.1) is 11.8 Å². The van der Waals surface area contributed by atoms with E-state index in [0.717, 1.165) is 19.5 Å². The molecule has 1 N–H and O–H groups in total. The Balaban J connectivity index is 2.32. The Morgan fingerprint density at radius 1 is 1.32 bits per heavy atom. The van der Waals surface area contributed by atoms with E-state index in [1.165, 1.54) is 11.8 Å². The molecule has 7 heteroatoms. The molecule has 0 aromatic carbocycles. The zero-order valence-corrected chi connectivity index (χ0v) is 12.9. The summed E-state index contributed by atoms with van der Waals surface area (Å²) in [4.78, 5) is 11.6. The molecule has 0 atom stereocenters. The first kappa shape index (κ1) is 15.9. The zero-order chi connectivity index (χ0) is 14.3. The van der Waals surface area contributed by atoms with Crippen molar-refractivity contribution in [3.8, 4) is 0 Å². The van der Waals surface area contributed by atoms with Crippen LogP contribution >= 0.6 is 11.8 Å². The average molecular weight is 285 g/mol. The molecule has 6 nitrogen and oxygen atoms in total. The van der Waals surface area contributed by atoms with Crippen molar-refractivity contribution in [2.24, 2.45) is 11.8 Å². The van der Waals surface area contributed by atoms with Crippen LogP contribution in [0.25, 0.3) is 0 Å². The number of carbonyl (C=O) groups excluding carboxylic acids is 1. The molecule has 1 heterocycles. The van der Waals surface area contributed by atoms with Gasteiger partial charge < -0.3 is 5.32 Å². The Bertz CT molecular complexity index is 391. The highest BCUT2D eigenvalue weighted by atomic mass is 32.2. The van der Waals surface area contributed by atoms with Crippen molar-refractivity contribution in [1.82, 2.24) is 25.5 Å². The van der Waals surface area contributed by atoms with Crippen LogP contribution in [0.15, 0.2) is 5.16 Å². The lowest BCUT2D eigenvalue weighted by molar-refractivity contribution is -0.118. The first-order valence-electron chi connectivity index (χ1n) is 6.64. The number of tetrazole rings is 1. The van der Waals surface area contributed by atoms with Gasteiger partial charge in [0.1, 0.15) is 0 Å². The molecule has 19 heavy (non-hydrogen) atoms. The fourth-order valence-corrected chi connectivity index (χ4v) is 2.16. The Kier molecular flexibility index (Phi) is 6.83. The van der Waals surface area contributed by atoms with Crippen molar-refractivity contribution in [1.29, 1.82) is 0 Å². The van der Waals surface area contributed by atoms with E-state index < -0.39 is 0 Å². The van der Waals surface area contributed by atoms with Crippen LogP contribution in [-0.2, 0) is 11.3 Å². The van der Waals surface area contributed by atoms with Crippen molar-refractivity contribution in [2.45, 2.75) is 45.8 Å². The number of nitrogens with zero attached hydrogens (tertiary/aromatic N) is 4. The molecule has 1 amide bonds. The second-order valence-electron chi connectivity index (χ2n) is 5.36. The maximum absolute atomic E-state index is 11.6. The molecular formula is C12H23N5OS. The Labute approximate surface area is 118 Å². The minimum Gasteiger partial charge on any atom is -0.355 e. The highest BCUT2D eigenvalue weighted by molar-refractivity contribution is 7.99. The first-order valence-corrected chi connectivity index (χ1v) is 7.63. The molecule has 0 aliphatic carbocycles. The average Bonchev–Trinajstić information content (AvgIpc) is 2.72. The second kappa shape index (κ2) is 8.14. The number of amides is 1. The summed E-state index contributed by atoms with van der Waals surface area (Å²) >= 11 is 1.38. The number of hydrogen-bond acceptors (Lipinski definition) is 5. The summed E-state index contributed by atoms with van der Waals surface area (Å²) in [6.45, 7) is 9.99. The van der Waals surface area contributed by atoms with Crippen molar-refractivity contribution >= 4 is 17.7 Å². The Morgan fingerprint density at radius 3 is 2.68 bits per heavy atom. The normalized spacial score (nSPS) is 11.3. The van der Waals surface area contributed by atoms with E-state index in [-0.39, 0.29) is 5.91 Å². The molecule has 1 aromatic rings. The second-order valence-corrected chi connectivity index (χ2v) is 6.30. The smallest absolute Gasteiger partial charge is 0.230 e. The van der Waals surface area contributed by atoms with Gasteiger partial charge in [0.2, 0.25) is 11.1 Å². The fourth-order valence-electron chi connectivity index (χ4n) is 1.44. The molecule has 0 aliphatic rings. The van der Waals surface area contributed by atoms with E-state index in [9.17, 15) is 4.79 Å². The number of aromatic nitrogens is 4. The monoisotopic (exact) mass is 285 g/mol. The summed E-state index contributed by atoms with van der Waals surface area (Å²) < 4.78 is 1.75. The lowest BCUT2D eigenvalue weighted by Gasteiger charge is -2.08. The van der Waals surface area contributed by atoms with E-state index in [0.29, 0.717) is 22.7 Å². The summed E-state index contributed by atoms with van der Waals surface area (Å²) in [6, 6.07) is 0. The largest absolute Gasteiger partial charge is 0.355 e. The quantitative estimate of drug-likeness (QED) is 0.734. The zero-order valence-electron chi connectivity index (χ0n) is 12.1. The highest BCUT2D eigenvalue weighted by Crippen LogP contribution is 2.14. The number of carbonyl (C=O) groups is 1. The maximum Gasteiger partial charge on any atom is 0.230 e. The first-order chi connectivity index (χ1) is 8.99. The Hall–Kier alpha value is -1.11. The van der Waals surface area contributed by atoms with Gasteiger partial charge >= 0.3 is 0 Å².